The molecular weight excluding hydrogens is 265 g/mol. The molecule has 1 aromatic rings. The molecule has 0 aliphatic carbocycles. The lowest BCUT2D eigenvalue weighted by molar-refractivity contribution is -0.274. The summed E-state index contributed by atoms with van der Waals surface area (Å²) in [5, 5.41) is 11.4. The van der Waals surface area contributed by atoms with Crippen LogP contribution in [0.1, 0.15) is 6.92 Å². The van der Waals surface area contributed by atoms with E-state index in [2.05, 4.69) is 10.1 Å². The van der Waals surface area contributed by atoms with E-state index in [-0.39, 0.29) is 5.69 Å². The average Bonchev–Trinajstić information content (AvgIpc) is 2.25. The average molecular weight is 278 g/mol. The quantitative estimate of drug-likeness (QED) is 0.773. The number of nitrogens with two attached hydrogens (primary N) is 1. The second kappa shape index (κ2) is 5.89. The SMILES string of the molecule is C[C@H](O)[C@@H](N)C(=O)Nc1cccc(OC(F)(F)F)c1. The van der Waals surface area contributed by atoms with Crippen LogP contribution in [-0.4, -0.2) is 29.5 Å². The number of benzene rings is 1. The molecule has 0 aliphatic heterocycles. The zero-order chi connectivity index (χ0) is 14.6. The Bertz CT molecular complexity index is 449. The number of carbonyl (C=O) groups is 1. The normalized spacial score (nSPS) is 14.6. The number of rotatable bonds is 4. The Morgan fingerprint density at radius 2 is 2.11 bits per heavy atom. The maximum atomic E-state index is 12.0. The van der Waals surface area contributed by atoms with Crippen molar-refractivity contribution >= 4 is 11.6 Å². The maximum absolute atomic E-state index is 12.0. The molecule has 0 fully saturated rings. The fraction of sp³-hybridized carbons (Fsp3) is 0.364. The van der Waals surface area contributed by atoms with E-state index in [0.29, 0.717) is 0 Å². The monoisotopic (exact) mass is 278 g/mol. The van der Waals surface area contributed by atoms with Crippen molar-refractivity contribution in [1.29, 1.82) is 0 Å². The molecule has 1 amide bonds. The molecule has 1 aromatic carbocycles. The van der Waals surface area contributed by atoms with Crippen molar-refractivity contribution in [3.63, 3.8) is 0 Å². The van der Waals surface area contributed by atoms with Crippen molar-refractivity contribution in [2.75, 3.05) is 5.32 Å². The van der Waals surface area contributed by atoms with Crippen LogP contribution in [0.15, 0.2) is 24.3 Å². The molecule has 0 saturated carbocycles. The van der Waals surface area contributed by atoms with Gasteiger partial charge in [0.05, 0.1) is 6.10 Å². The van der Waals surface area contributed by atoms with Crippen molar-refractivity contribution < 1.29 is 27.8 Å². The maximum Gasteiger partial charge on any atom is 0.573 e. The number of aliphatic hydroxyl groups is 1. The van der Waals surface area contributed by atoms with E-state index in [4.69, 9.17) is 10.8 Å². The molecule has 0 aromatic heterocycles. The molecule has 5 nitrogen and oxygen atoms in total. The highest BCUT2D eigenvalue weighted by molar-refractivity contribution is 5.95. The third-order valence-electron chi connectivity index (χ3n) is 2.16. The smallest absolute Gasteiger partial charge is 0.406 e. The van der Waals surface area contributed by atoms with Crippen molar-refractivity contribution in [3.8, 4) is 5.75 Å². The van der Waals surface area contributed by atoms with E-state index < -0.39 is 30.2 Å². The standard InChI is InChI=1S/C11H13F3N2O3/c1-6(17)9(15)10(18)16-7-3-2-4-8(5-7)19-11(12,13)14/h2-6,9,17H,15H2,1H3,(H,16,18)/t6-,9+/m0/s1. The number of ether oxygens (including phenoxy) is 1. The summed E-state index contributed by atoms with van der Waals surface area (Å²) in [4.78, 5) is 11.5. The number of alkyl halides is 3. The first kappa shape index (κ1) is 15.3. The van der Waals surface area contributed by atoms with Gasteiger partial charge in [-0.05, 0) is 19.1 Å². The zero-order valence-electron chi connectivity index (χ0n) is 9.94. The van der Waals surface area contributed by atoms with E-state index in [0.717, 1.165) is 12.1 Å². The highest BCUT2D eigenvalue weighted by Gasteiger charge is 2.31. The van der Waals surface area contributed by atoms with Gasteiger partial charge in [0.1, 0.15) is 11.8 Å². The third kappa shape index (κ3) is 5.14. The number of nitrogens with one attached hydrogen (secondary N) is 1. The van der Waals surface area contributed by atoms with Gasteiger partial charge in [0.25, 0.3) is 0 Å². The molecule has 0 bridgehead atoms. The van der Waals surface area contributed by atoms with Gasteiger partial charge in [-0.3, -0.25) is 4.79 Å². The van der Waals surface area contributed by atoms with Crippen LogP contribution in [0.3, 0.4) is 0 Å². The number of halogens is 3. The van der Waals surface area contributed by atoms with Crippen LogP contribution < -0.4 is 15.8 Å². The number of hydrogen-bond donors (Lipinski definition) is 3. The van der Waals surface area contributed by atoms with E-state index in [1.807, 2.05) is 0 Å². The van der Waals surface area contributed by atoms with Gasteiger partial charge in [0, 0.05) is 11.8 Å². The lowest BCUT2D eigenvalue weighted by Gasteiger charge is -2.15. The van der Waals surface area contributed by atoms with E-state index >= 15 is 0 Å². The molecule has 4 N–H and O–H groups in total. The van der Waals surface area contributed by atoms with Crippen molar-refractivity contribution in [2.24, 2.45) is 5.73 Å². The lowest BCUT2D eigenvalue weighted by Crippen LogP contribution is -2.43. The van der Waals surface area contributed by atoms with Crippen LogP contribution in [0.4, 0.5) is 18.9 Å². The van der Waals surface area contributed by atoms with Crippen LogP contribution >= 0.6 is 0 Å². The minimum atomic E-state index is -4.81. The highest BCUT2D eigenvalue weighted by Crippen LogP contribution is 2.25. The first-order valence-electron chi connectivity index (χ1n) is 5.29. The Morgan fingerprint density at radius 3 is 2.63 bits per heavy atom. The number of anilines is 1. The summed E-state index contributed by atoms with van der Waals surface area (Å²) in [6, 6.07) is 3.57. The van der Waals surface area contributed by atoms with Crippen molar-refractivity contribution in [2.45, 2.75) is 25.4 Å². The van der Waals surface area contributed by atoms with Crippen molar-refractivity contribution in [1.82, 2.24) is 0 Å². The van der Waals surface area contributed by atoms with Crippen LogP contribution in [0, 0.1) is 0 Å². The van der Waals surface area contributed by atoms with Crippen LogP contribution in [-0.2, 0) is 4.79 Å². The topological polar surface area (TPSA) is 84.6 Å². The zero-order valence-corrected chi connectivity index (χ0v) is 9.94. The van der Waals surface area contributed by atoms with Gasteiger partial charge in [-0.2, -0.15) is 0 Å². The molecule has 106 valence electrons. The molecule has 0 saturated heterocycles. The summed E-state index contributed by atoms with van der Waals surface area (Å²) >= 11 is 0. The molecular formula is C11H13F3N2O3. The number of carbonyl (C=O) groups excluding carboxylic acids is 1. The molecule has 0 radical (unpaired) electrons. The van der Waals surface area contributed by atoms with Crippen LogP contribution in [0.25, 0.3) is 0 Å². The van der Waals surface area contributed by atoms with Crippen LogP contribution in [0.5, 0.6) is 5.75 Å². The van der Waals surface area contributed by atoms with E-state index in [9.17, 15) is 18.0 Å². The van der Waals surface area contributed by atoms with Crippen LogP contribution in [0.2, 0.25) is 0 Å². The first-order chi connectivity index (χ1) is 8.69. The van der Waals surface area contributed by atoms with Gasteiger partial charge in [-0.1, -0.05) is 6.07 Å². The van der Waals surface area contributed by atoms with Gasteiger partial charge in [0.2, 0.25) is 5.91 Å². The van der Waals surface area contributed by atoms with Gasteiger partial charge in [-0.15, -0.1) is 13.2 Å². The summed E-state index contributed by atoms with van der Waals surface area (Å²) in [6.07, 6.45) is -5.88. The Hall–Kier alpha value is -1.80. The molecule has 0 heterocycles. The van der Waals surface area contributed by atoms with Crippen molar-refractivity contribution in [3.05, 3.63) is 24.3 Å². The lowest BCUT2D eigenvalue weighted by atomic mass is 10.2. The Morgan fingerprint density at radius 1 is 1.47 bits per heavy atom. The summed E-state index contributed by atoms with van der Waals surface area (Å²) < 4.78 is 39.7. The molecule has 8 heteroatoms. The Labute approximate surface area is 107 Å². The predicted molar refractivity (Wildman–Crippen MR) is 61.4 cm³/mol. The number of amides is 1. The molecule has 2 atom stereocenters. The predicted octanol–water partition coefficient (Wildman–Crippen LogP) is 1.23. The van der Waals surface area contributed by atoms with Gasteiger partial charge in [-0.25, -0.2) is 0 Å². The second-order valence-corrected chi connectivity index (χ2v) is 3.83. The Balaban J connectivity index is 2.75. The van der Waals surface area contributed by atoms with Gasteiger partial charge >= 0.3 is 6.36 Å². The van der Waals surface area contributed by atoms with E-state index in [1.165, 1.54) is 19.1 Å². The summed E-state index contributed by atoms with van der Waals surface area (Å²) in [7, 11) is 0. The fourth-order valence-electron chi connectivity index (χ4n) is 1.22. The summed E-state index contributed by atoms with van der Waals surface area (Å²) in [6.45, 7) is 1.33. The second-order valence-electron chi connectivity index (χ2n) is 3.83. The summed E-state index contributed by atoms with van der Waals surface area (Å²) in [5.74, 6) is -1.17. The molecule has 1 rings (SSSR count). The first-order valence-corrected chi connectivity index (χ1v) is 5.29. The number of hydrogen-bond acceptors (Lipinski definition) is 4. The minimum absolute atomic E-state index is 0.0860. The minimum Gasteiger partial charge on any atom is -0.406 e. The van der Waals surface area contributed by atoms with Gasteiger partial charge in [0.15, 0.2) is 0 Å². The fourth-order valence-corrected chi connectivity index (χ4v) is 1.22. The molecule has 0 aliphatic rings. The number of aliphatic hydroxyl groups excluding tert-OH is 1. The molecule has 0 unspecified atom stereocenters. The third-order valence-corrected chi connectivity index (χ3v) is 2.16. The highest BCUT2D eigenvalue weighted by atomic mass is 19.4. The van der Waals surface area contributed by atoms with Gasteiger partial charge < -0.3 is 20.9 Å². The largest absolute Gasteiger partial charge is 0.573 e. The summed E-state index contributed by atoms with van der Waals surface area (Å²) in [5.41, 5.74) is 5.46. The molecule has 0 spiro atoms. The Kier molecular flexibility index (Phi) is 4.73. The van der Waals surface area contributed by atoms with E-state index in [1.54, 1.807) is 0 Å². The molecule has 19 heavy (non-hydrogen) atoms.